The summed E-state index contributed by atoms with van der Waals surface area (Å²) < 4.78 is 4.98. The molecule has 0 radical (unpaired) electrons. The first-order valence-electron chi connectivity index (χ1n) is 6.89. The first-order valence-corrected chi connectivity index (χ1v) is 6.89. The van der Waals surface area contributed by atoms with Crippen molar-refractivity contribution in [2.24, 2.45) is 5.73 Å². The summed E-state index contributed by atoms with van der Waals surface area (Å²) in [7, 11) is 0. The number of benzene rings is 1. The lowest BCUT2D eigenvalue weighted by Crippen LogP contribution is -2.49. The average Bonchev–Trinajstić information content (AvgIpc) is 2.48. The standard InChI is InChI=1S/C14H20N4O3/c1-2-21-14(20)18-7-5-17(6-8-18)12-9-10(13(16)19)3-4-11(12)15/h3-4,9H,2,5-8,15H2,1H3,(H2,16,19). The quantitative estimate of drug-likeness (QED) is 0.796. The van der Waals surface area contributed by atoms with E-state index in [9.17, 15) is 9.59 Å². The predicted octanol–water partition coefficient (Wildman–Crippen LogP) is 0.646. The van der Waals surface area contributed by atoms with Gasteiger partial charge in [0.2, 0.25) is 5.91 Å². The van der Waals surface area contributed by atoms with Gasteiger partial charge in [-0.3, -0.25) is 4.79 Å². The topological polar surface area (TPSA) is 102 Å². The fourth-order valence-electron chi connectivity index (χ4n) is 2.32. The van der Waals surface area contributed by atoms with Crippen LogP contribution in [-0.4, -0.2) is 49.7 Å². The van der Waals surface area contributed by atoms with E-state index in [0.29, 0.717) is 44.0 Å². The van der Waals surface area contributed by atoms with E-state index in [1.54, 1.807) is 30.0 Å². The number of rotatable bonds is 3. The minimum atomic E-state index is -0.485. The summed E-state index contributed by atoms with van der Waals surface area (Å²) >= 11 is 0. The van der Waals surface area contributed by atoms with E-state index >= 15 is 0 Å². The van der Waals surface area contributed by atoms with Crippen molar-refractivity contribution < 1.29 is 14.3 Å². The highest BCUT2D eigenvalue weighted by atomic mass is 16.6. The molecule has 1 aromatic carbocycles. The maximum atomic E-state index is 11.7. The van der Waals surface area contributed by atoms with Gasteiger partial charge >= 0.3 is 6.09 Å². The van der Waals surface area contributed by atoms with Crippen molar-refractivity contribution in [3.63, 3.8) is 0 Å². The molecule has 1 heterocycles. The Kier molecular flexibility index (Phi) is 4.52. The summed E-state index contributed by atoms with van der Waals surface area (Å²) in [6, 6.07) is 4.97. The second kappa shape index (κ2) is 6.34. The van der Waals surface area contributed by atoms with Crippen LogP contribution in [0.2, 0.25) is 0 Å². The van der Waals surface area contributed by atoms with Crippen molar-refractivity contribution in [3.05, 3.63) is 23.8 Å². The van der Waals surface area contributed by atoms with Crippen molar-refractivity contribution in [2.75, 3.05) is 43.4 Å². The molecular formula is C14H20N4O3. The van der Waals surface area contributed by atoms with Crippen LogP contribution < -0.4 is 16.4 Å². The Balaban J connectivity index is 2.07. The maximum Gasteiger partial charge on any atom is 0.409 e. The first kappa shape index (κ1) is 15.0. The zero-order valence-electron chi connectivity index (χ0n) is 12.0. The Morgan fingerprint density at radius 2 is 1.90 bits per heavy atom. The smallest absolute Gasteiger partial charge is 0.409 e. The van der Waals surface area contributed by atoms with Crippen molar-refractivity contribution >= 4 is 23.4 Å². The molecule has 21 heavy (non-hydrogen) atoms. The lowest BCUT2D eigenvalue weighted by Gasteiger charge is -2.36. The summed E-state index contributed by atoms with van der Waals surface area (Å²) in [6.07, 6.45) is -0.295. The van der Waals surface area contributed by atoms with Gasteiger partial charge < -0.3 is 26.0 Å². The third-order valence-corrected chi connectivity index (χ3v) is 3.46. The van der Waals surface area contributed by atoms with Gasteiger partial charge in [0.25, 0.3) is 0 Å². The second-order valence-corrected chi connectivity index (χ2v) is 4.81. The molecule has 1 aromatic rings. The molecule has 0 saturated carbocycles. The number of nitrogens with two attached hydrogens (primary N) is 2. The van der Waals surface area contributed by atoms with Gasteiger partial charge in [0, 0.05) is 31.7 Å². The van der Waals surface area contributed by atoms with Gasteiger partial charge in [0.05, 0.1) is 18.0 Å². The number of hydrogen-bond donors (Lipinski definition) is 2. The molecule has 1 aliphatic heterocycles. The fourth-order valence-corrected chi connectivity index (χ4v) is 2.32. The molecule has 1 saturated heterocycles. The number of primary amides is 1. The summed E-state index contributed by atoms with van der Waals surface area (Å²) in [5, 5.41) is 0. The number of hydrogen-bond acceptors (Lipinski definition) is 5. The van der Waals surface area contributed by atoms with Crippen LogP contribution in [0.15, 0.2) is 18.2 Å². The van der Waals surface area contributed by atoms with E-state index in [-0.39, 0.29) is 6.09 Å². The van der Waals surface area contributed by atoms with Gasteiger partial charge in [-0.2, -0.15) is 0 Å². The van der Waals surface area contributed by atoms with E-state index in [0.717, 1.165) is 5.69 Å². The van der Waals surface area contributed by atoms with E-state index in [4.69, 9.17) is 16.2 Å². The molecule has 7 heteroatoms. The summed E-state index contributed by atoms with van der Waals surface area (Å²) in [6.45, 7) is 4.52. The SMILES string of the molecule is CCOC(=O)N1CCN(c2cc(C(N)=O)ccc2N)CC1. The van der Waals surface area contributed by atoms with Crippen LogP contribution >= 0.6 is 0 Å². The van der Waals surface area contributed by atoms with Gasteiger partial charge in [0.1, 0.15) is 0 Å². The number of piperazine rings is 1. The molecule has 114 valence electrons. The van der Waals surface area contributed by atoms with Gasteiger partial charge in [-0.1, -0.05) is 0 Å². The second-order valence-electron chi connectivity index (χ2n) is 4.81. The van der Waals surface area contributed by atoms with Gasteiger partial charge in [-0.05, 0) is 25.1 Å². The number of nitrogens with zero attached hydrogens (tertiary/aromatic N) is 2. The third-order valence-electron chi connectivity index (χ3n) is 3.46. The summed E-state index contributed by atoms with van der Waals surface area (Å²) in [5.74, 6) is -0.485. The molecule has 0 unspecified atom stereocenters. The number of carbonyl (C=O) groups excluding carboxylic acids is 2. The highest BCUT2D eigenvalue weighted by molar-refractivity contribution is 5.95. The molecule has 1 aliphatic rings. The van der Waals surface area contributed by atoms with Crippen LogP contribution in [0.1, 0.15) is 17.3 Å². The Morgan fingerprint density at radius 3 is 2.48 bits per heavy atom. The van der Waals surface area contributed by atoms with E-state index in [1.807, 2.05) is 4.90 Å². The molecule has 0 atom stereocenters. The van der Waals surface area contributed by atoms with Crippen LogP contribution in [0.4, 0.5) is 16.2 Å². The number of anilines is 2. The number of carbonyl (C=O) groups is 2. The molecule has 2 rings (SSSR count). The Morgan fingerprint density at radius 1 is 1.24 bits per heavy atom. The summed E-state index contributed by atoms with van der Waals surface area (Å²) in [5.41, 5.74) is 13.0. The monoisotopic (exact) mass is 292 g/mol. The molecule has 0 spiro atoms. The Hall–Kier alpha value is -2.44. The lowest BCUT2D eigenvalue weighted by molar-refractivity contribution is 0.0999. The fraction of sp³-hybridized carbons (Fsp3) is 0.429. The van der Waals surface area contributed by atoms with Crippen LogP contribution in [0.25, 0.3) is 0 Å². The van der Waals surface area contributed by atoms with Gasteiger partial charge in [0.15, 0.2) is 0 Å². The molecule has 0 aliphatic carbocycles. The van der Waals surface area contributed by atoms with Crippen LogP contribution in [0.5, 0.6) is 0 Å². The molecule has 2 amide bonds. The number of nitrogen functional groups attached to an aromatic ring is 1. The van der Waals surface area contributed by atoms with Crippen LogP contribution in [0.3, 0.4) is 0 Å². The molecule has 4 N–H and O–H groups in total. The minimum absolute atomic E-state index is 0.295. The van der Waals surface area contributed by atoms with E-state index < -0.39 is 5.91 Å². The predicted molar refractivity (Wildman–Crippen MR) is 80.2 cm³/mol. The van der Waals surface area contributed by atoms with Gasteiger partial charge in [-0.25, -0.2) is 4.79 Å². The molecule has 0 aromatic heterocycles. The Bertz CT molecular complexity index is 539. The third kappa shape index (κ3) is 3.36. The van der Waals surface area contributed by atoms with Crippen molar-refractivity contribution in [2.45, 2.75) is 6.92 Å². The normalized spacial score (nSPS) is 14.9. The maximum absolute atomic E-state index is 11.7. The summed E-state index contributed by atoms with van der Waals surface area (Å²) in [4.78, 5) is 26.6. The van der Waals surface area contributed by atoms with E-state index in [2.05, 4.69) is 0 Å². The molecular weight excluding hydrogens is 272 g/mol. The largest absolute Gasteiger partial charge is 0.450 e. The average molecular weight is 292 g/mol. The first-order chi connectivity index (χ1) is 10.0. The zero-order chi connectivity index (χ0) is 15.4. The van der Waals surface area contributed by atoms with Crippen molar-refractivity contribution in [1.82, 2.24) is 4.90 Å². The van der Waals surface area contributed by atoms with Crippen LogP contribution in [0, 0.1) is 0 Å². The molecule has 0 bridgehead atoms. The van der Waals surface area contributed by atoms with Crippen LogP contribution in [-0.2, 0) is 4.74 Å². The van der Waals surface area contributed by atoms with Crippen molar-refractivity contribution in [3.8, 4) is 0 Å². The number of ether oxygens (including phenoxy) is 1. The zero-order valence-corrected chi connectivity index (χ0v) is 12.0. The molecule has 7 nitrogen and oxygen atoms in total. The lowest BCUT2D eigenvalue weighted by atomic mass is 10.1. The van der Waals surface area contributed by atoms with Crippen molar-refractivity contribution in [1.29, 1.82) is 0 Å². The number of amides is 2. The van der Waals surface area contributed by atoms with Gasteiger partial charge in [-0.15, -0.1) is 0 Å². The highest BCUT2D eigenvalue weighted by Crippen LogP contribution is 2.25. The molecule has 1 fully saturated rings. The highest BCUT2D eigenvalue weighted by Gasteiger charge is 2.23. The minimum Gasteiger partial charge on any atom is -0.450 e. The Labute approximate surface area is 123 Å². The van der Waals surface area contributed by atoms with E-state index in [1.165, 1.54) is 0 Å².